The first-order chi connectivity index (χ1) is 11.2. The van der Waals surface area contributed by atoms with Crippen molar-refractivity contribution in [1.29, 1.82) is 0 Å². The van der Waals surface area contributed by atoms with Gasteiger partial charge in [-0.25, -0.2) is 0 Å². The lowest BCUT2D eigenvalue weighted by Gasteiger charge is -2.32. The van der Waals surface area contributed by atoms with Crippen LogP contribution >= 0.6 is 11.6 Å². The molecule has 2 aliphatic rings. The molecule has 1 aliphatic heterocycles. The molecule has 23 heavy (non-hydrogen) atoms. The largest absolute Gasteiger partial charge is 0.511 e. The highest BCUT2D eigenvalue weighted by atomic mass is 35.5. The van der Waals surface area contributed by atoms with Crippen molar-refractivity contribution in [1.82, 2.24) is 0 Å². The Bertz CT molecular complexity index is 507. The third-order valence-corrected chi connectivity index (χ3v) is 4.64. The first-order valence-electron chi connectivity index (χ1n) is 8.14. The highest BCUT2D eigenvalue weighted by Crippen LogP contribution is 2.36. The van der Waals surface area contributed by atoms with Crippen LogP contribution in [0.4, 0.5) is 0 Å². The summed E-state index contributed by atoms with van der Waals surface area (Å²) >= 11 is 5.41. The van der Waals surface area contributed by atoms with Crippen molar-refractivity contribution in [3.63, 3.8) is 0 Å². The number of allylic oxidation sites excluding steroid dienone is 2. The number of carbonyl (C=O) groups excluding carboxylic acids is 1. The molecule has 1 fully saturated rings. The average molecular weight is 342 g/mol. The van der Waals surface area contributed by atoms with E-state index < -0.39 is 0 Å². The molecule has 1 heterocycles. The average Bonchev–Trinajstić information content (AvgIpc) is 2.57. The Kier molecular flexibility index (Phi) is 7.12. The number of hydrogen-bond acceptors (Lipinski definition) is 5. The van der Waals surface area contributed by atoms with E-state index in [0.717, 1.165) is 26.1 Å². The van der Waals surface area contributed by atoms with Crippen LogP contribution in [0.25, 0.3) is 0 Å². The molecule has 0 aromatic rings. The van der Waals surface area contributed by atoms with E-state index in [4.69, 9.17) is 21.2 Å². The van der Waals surface area contributed by atoms with Gasteiger partial charge in [0.2, 0.25) is 0 Å². The summed E-state index contributed by atoms with van der Waals surface area (Å²) in [5.74, 6) is 0.758. The maximum Gasteiger partial charge on any atom is 0.168 e. The lowest BCUT2D eigenvalue weighted by Crippen LogP contribution is -2.31. The van der Waals surface area contributed by atoms with Gasteiger partial charge in [0.25, 0.3) is 0 Å². The topological polar surface area (TPSA) is 68.1 Å². The van der Waals surface area contributed by atoms with Gasteiger partial charge in [0.05, 0.1) is 11.3 Å². The normalized spacial score (nSPS) is 24.5. The van der Waals surface area contributed by atoms with Crippen LogP contribution in [0.3, 0.4) is 0 Å². The predicted octanol–water partition coefficient (Wildman–Crippen LogP) is 3.74. The third-order valence-electron chi connectivity index (χ3n) is 4.46. The van der Waals surface area contributed by atoms with Gasteiger partial charge in [-0.15, -0.1) is 0 Å². The summed E-state index contributed by atoms with van der Waals surface area (Å²) in [6.07, 6.45) is 5.05. The van der Waals surface area contributed by atoms with Crippen molar-refractivity contribution >= 4 is 23.1 Å². The fourth-order valence-electron chi connectivity index (χ4n) is 3.25. The first-order valence-corrected chi connectivity index (χ1v) is 8.58. The summed E-state index contributed by atoms with van der Waals surface area (Å²) in [6, 6.07) is 0. The monoisotopic (exact) mass is 341 g/mol. The Hall–Kier alpha value is -1.33. The quantitative estimate of drug-likeness (QED) is 0.454. The Labute approximate surface area is 142 Å². The molecule has 5 nitrogen and oxygen atoms in total. The van der Waals surface area contributed by atoms with Gasteiger partial charge in [-0.05, 0) is 37.2 Å². The van der Waals surface area contributed by atoms with Crippen LogP contribution in [0.1, 0.15) is 39.0 Å². The molecule has 0 saturated carbocycles. The first kappa shape index (κ1) is 18.0. The number of aliphatic hydroxyl groups is 1. The van der Waals surface area contributed by atoms with Crippen molar-refractivity contribution < 1.29 is 19.5 Å². The van der Waals surface area contributed by atoms with E-state index >= 15 is 0 Å². The predicted molar refractivity (Wildman–Crippen MR) is 89.6 cm³/mol. The zero-order valence-corrected chi connectivity index (χ0v) is 14.2. The highest BCUT2D eigenvalue weighted by molar-refractivity contribution is 6.25. The molecular weight excluding hydrogens is 318 g/mol. The van der Waals surface area contributed by atoms with Gasteiger partial charge < -0.3 is 14.7 Å². The van der Waals surface area contributed by atoms with Gasteiger partial charge >= 0.3 is 0 Å². The molecular formula is C17H24ClNO4. The molecule has 128 valence electrons. The molecule has 2 rings (SSSR count). The highest BCUT2D eigenvalue weighted by Gasteiger charge is 2.34. The van der Waals surface area contributed by atoms with Gasteiger partial charge in [0.1, 0.15) is 12.4 Å². The maximum absolute atomic E-state index is 12.5. The molecule has 0 unspecified atom stereocenters. The van der Waals surface area contributed by atoms with Crippen LogP contribution in [0.5, 0.6) is 0 Å². The number of halogens is 1. The molecule has 1 N–H and O–H groups in total. The van der Waals surface area contributed by atoms with Gasteiger partial charge in [-0.1, -0.05) is 23.7 Å². The number of hydrogen-bond donors (Lipinski definition) is 1. The smallest absolute Gasteiger partial charge is 0.168 e. The van der Waals surface area contributed by atoms with Crippen molar-refractivity contribution in [3.05, 3.63) is 22.9 Å². The van der Waals surface area contributed by atoms with Crippen LogP contribution in [0.15, 0.2) is 28.1 Å². The summed E-state index contributed by atoms with van der Waals surface area (Å²) < 4.78 is 5.38. The minimum absolute atomic E-state index is 0.0395. The zero-order chi connectivity index (χ0) is 16.7. The molecule has 0 aromatic carbocycles. The molecule has 0 amide bonds. The zero-order valence-electron chi connectivity index (χ0n) is 13.5. The van der Waals surface area contributed by atoms with Crippen molar-refractivity contribution in [3.8, 4) is 0 Å². The van der Waals surface area contributed by atoms with E-state index in [-0.39, 0.29) is 24.1 Å². The number of Topliss-reactive ketones (excluding diaryl/α,β-unsaturated/α-hetero) is 1. The minimum atomic E-state index is -0.0395. The van der Waals surface area contributed by atoms with Crippen LogP contribution in [-0.2, 0) is 14.4 Å². The van der Waals surface area contributed by atoms with Crippen LogP contribution in [0, 0.1) is 11.8 Å². The molecule has 6 heteroatoms. The van der Waals surface area contributed by atoms with Crippen molar-refractivity contribution in [2.24, 2.45) is 17.0 Å². The van der Waals surface area contributed by atoms with E-state index in [1.165, 1.54) is 5.54 Å². The Morgan fingerprint density at radius 1 is 1.39 bits per heavy atom. The van der Waals surface area contributed by atoms with E-state index in [1.54, 1.807) is 6.08 Å². The summed E-state index contributed by atoms with van der Waals surface area (Å²) in [4.78, 5) is 17.6. The van der Waals surface area contributed by atoms with Gasteiger partial charge in [0, 0.05) is 31.6 Å². The van der Waals surface area contributed by atoms with E-state index in [1.807, 2.05) is 6.92 Å². The molecule has 1 aliphatic carbocycles. The third kappa shape index (κ3) is 4.82. The lowest BCUT2D eigenvalue weighted by molar-refractivity contribution is -0.117. The fourth-order valence-corrected chi connectivity index (χ4v) is 3.33. The number of nitrogens with zero attached hydrogens (tertiary/aromatic N) is 1. The summed E-state index contributed by atoms with van der Waals surface area (Å²) in [6.45, 7) is 3.62. The number of ketones is 1. The number of carbonyl (C=O) groups is 1. The second kappa shape index (κ2) is 9.08. The lowest BCUT2D eigenvalue weighted by atomic mass is 9.75. The SMILES string of the molecule is CCC(=NOC/C=C/Cl)C1=C(O)C[C@H](C2CCOCC2)CC1=O. The summed E-state index contributed by atoms with van der Waals surface area (Å²) in [5.41, 5.74) is 2.19. The molecule has 1 atom stereocenters. The fraction of sp³-hybridized carbons (Fsp3) is 0.647. The molecule has 0 bridgehead atoms. The van der Waals surface area contributed by atoms with Crippen LogP contribution < -0.4 is 0 Å². The van der Waals surface area contributed by atoms with Crippen LogP contribution in [0.2, 0.25) is 0 Å². The Morgan fingerprint density at radius 2 is 2.13 bits per heavy atom. The van der Waals surface area contributed by atoms with Crippen molar-refractivity contribution in [2.75, 3.05) is 19.8 Å². The standard InChI is InChI=1S/C17H24ClNO4/c1-2-14(19-23-7-3-6-18)17-15(20)10-13(11-16(17)21)12-4-8-22-9-5-12/h3,6,12-13,20H,2,4-5,7-11H2,1H3/b6-3+,19-14?/t13-/m0/s1. The number of rotatable bonds is 6. The Morgan fingerprint density at radius 3 is 2.74 bits per heavy atom. The van der Waals surface area contributed by atoms with E-state index in [0.29, 0.717) is 36.5 Å². The molecule has 0 aromatic heterocycles. The Balaban J connectivity index is 2.09. The molecule has 1 saturated heterocycles. The molecule has 0 radical (unpaired) electrons. The minimum Gasteiger partial charge on any atom is -0.511 e. The van der Waals surface area contributed by atoms with Crippen LogP contribution in [-0.4, -0.2) is 36.4 Å². The van der Waals surface area contributed by atoms with Gasteiger partial charge in [-0.3, -0.25) is 4.79 Å². The second-order valence-electron chi connectivity index (χ2n) is 5.91. The van der Waals surface area contributed by atoms with E-state index in [9.17, 15) is 9.90 Å². The van der Waals surface area contributed by atoms with Gasteiger partial charge in [0.15, 0.2) is 5.78 Å². The summed E-state index contributed by atoms with van der Waals surface area (Å²) in [5, 5.41) is 14.4. The number of ether oxygens (including phenoxy) is 1. The summed E-state index contributed by atoms with van der Waals surface area (Å²) in [7, 11) is 0. The molecule has 0 spiro atoms. The number of aliphatic hydroxyl groups excluding tert-OH is 1. The number of oxime groups is 1. The second-order valence-corrected chi connectivity index (χ2v) is 6.16. The maximum atomic E-state index is 12.5. The van der Waals surface area contributed by atoms with Gasteiger partial charge in [-0.2, -0.15) is 0 Å². The van der Waals surface area contributed by atoms with E-state index in [2.05, 4.69) is 5.16 Å². The van der Waals surface area contributed by atoms with Crippen molar-refractivity contribution in [2.45, 2.75) is 39.0 Å².